The van der Waals surface area contributed by atoms with Crippen LogP contribution in [0.15, 0.2) is 30.3 Å². The van der Waals surface area contributed by atoms with Crippen LogP contribution in [-0.4, -0.2) is 17.8 Å². The van der Waals surface area contributed by atoms with Gasteiger partial charge in [-0.3, -0.25) is 0 Å². The number of aliphatic hydroxyl groups excluding tert-OH is 1. The quantitative estimate of drug-likeness (QED) is 0.814. The average molecular weight is 219 g/mol. The van der Waals surface area contributed by atoms with Crippen molar-refractivity contribution in [1.82, 2.24) is 5.32 Å². The topological polar surface area (TPSA) is 32.3 Å². The van der Waals surface area contributed by atoms with Crippen LogP contribution in [0.3, 0.4) is 0 Å². The van der Waals surface area contributed by atoms with Gasteiger partial charge in [0.15, 0.2) is 0 Å². The molecule has 0 aromatic heterocycles. The number of nitrogens with one attached hydrogen (secondary N) is 1. The van der Waals surface area contributed by atoms with Crippen molar-refractivity contribution in [1.29, 1.82) is 0 Å². The van der Waals surface area contributed by atoms with Crippen LogP contribution in [0.2, 0.25) is 0 Å². The summed E-state index contributed by atoms with van der Waals surface area (Å²) in [4.78, 5) is 0. The van der Waals surface area contributed by atoms with Gasteiger partial charge in [-0.05, 0) is 37.3 Å². The zero-order valence-electron chi connectivity index (χ0n) is 9.73. The Morgan fingerprint density at radius 3 is 2.75 bits per heavy atom. The summed E-state index contributed by atoms with van der Waals surface area (Å²) in [7, 11) is 0. The third-order valence-electron chi connectivity index (χ3n) is 3.36. The Balaban J connectivity index is 1.68. The van der Waals surface area contributed by atoms with Crippen molar-refractivity contribution in [3.63, 3.8) is 0 Å². The summed E-state index contributed by atoms with van der Waals surface area (Å²) >= 11 is 0. The number of rotatable bonds is 4. The smallest absolute Gasteiger partial charge is 0.0543 e. The molecule has 0 spiro atoms. The molecule has 2 N–H and O–H groups in total. The molecule has 1 fully saturated rings. The molecule has 0 aliphatic heterocycles. The zero-order valence-corrected chi connectivity index (χ0v) is 9.73. The van der Waals surface area contributed by atoms with Crippen molar-refractivity contribution in [2.75, 3.05) is 6.54 Å². The van der Waals surface area contributed by atoms with Crippen LogP contribution in [0.5, 0.6) is 0 Å². The Morgan fingerprint density at radius 1 is 1.19 bits per heavy atom. The molecule has 1 aromatic carbocycles. The van der Waals surface area contributed by atoms with Crippen LogP contribution in [0.1, 0.15) is 31.2 Å². The summed E-state index contributed by atoms with van der Waals surface area (Å²) < 4.78 is 0. The highest BCUT2D eigenvalue weighted by atomic mass is 16.3. The predicted molar refractivity (Wildman–Crippen MR) is 66.1 cm³/mol. The van der Waals surface area contributed by atoms with Crippen molar-refractivity contribution in [2.45, 2.75) is 38.3 Å². The van der Waals surface area contributed by atoms with Crippen LogP contribution in [0.25, 0.3) is 0 Å². The lowest BCUT2D eigenvalue weighted by Crippen LogP contribution is -2.28. The van der Waals surface area contributed by atoms with E-state index in [1.165, 1.54) is 18.4 Å². The van der Waals surface area contributed by atoms with E-state index in [1.807, 2.05) is 6.07 Å². The molecule has 2 nitrogen and oxygen atoms in total. The highest BCUT2D eigenvalue weighted by Crippen LogP contribution is 2.23. The third-order valence-corrected chi connectivity index (χ3v) is 3.36. The lowest BCUT2D eigenvalue weighted by Gasteiger charge is -2.26. The number of hydrogen-bond donors (Lipinski definition) is 2. The fraction of sp³-hybridized carbons (Fsp3) is 0.571. The first-order valence-electron chi connectivity index (χ1n) is 6.27. The number of benzene rings is 1. The first-order valence-corrected chi connectivity index (χ1v) is 6.27. The van der Waals surface area contributed by atoms with E-state index in [0.29, 0.717) is 5.92 Å². The average Bonchev–Trinajstić information content (AvgIpc) is 2.30. The predicted octanol–water partition coefficient (Wildman–Crippen LogP) is 2.33. The third kappa shape index (κ3) is 3.62. The van der Waals surface area contributed by atoms with Gasteiger partial charge in [0, 0.05) is 6.54 Å². The first-order chi connectivity index (χ1) is 7.84. The molecule has 0 saturated heterocycles. The second kappa shape index (κ2) is 6.02. The molecule has 1 aromatic rings. The lowest BCUT2D eigenvalue weighted by atomic mass is 9.87. The van der Waals surface area contributed by atoms with E-state index >= 15 is 0 Å². The monoisotopic (exact) mass is 219 g/mol. The van der Waals surface area contributed by atoms with E-state index in [2.05, 4.69) is 29.6 Å². The molecule has 1 aliphatic carbocycles. The fourth-order valence-corrected chi connectivity index (χ4v) is 2.46. The molecule has 1 aliphatic rings. The zero-order chi connectivity index (χ0) is 11.2. The van der Waals surface area contributed by atoms with Crippen molar-refractivity contribution in [2.24, 2.45) is 5.92 Å². The highest BCUT2D eigenvalue weighted by Gasteiger charge is 2.19. The van der Waals surface area contributed by atoms with Crippen molar-refractivity contribution >= 4 is 0 Å². The maximum atomic E-state index is 9.57. The lowest BCUT2D eigenvalue weighted by molar-refractivity contribution is 0.101. The molecule has 16 heavy (non-hydrogen) atoms. The summed E-state index contributed by atoms with van der Waals surface area (Å²) in [6, 6.07) is 10.5. The van der Waals surface area contributed by atoms with Gasteiger partial charge in [0.05, 0.1) is 6.10 Å². The molecule has 0 radical (unpaired) electrons. The molecule has 2 atom stereocenters. The minimum Gasteiger partial charge on any atom is -0.393 e. The van der Waals surface area contributed by atoms with Crippen LogP contribution in [-0.2, 0) is 6.54 Å². The maximum Gasteiger partial charge on any atom is 0.0543 e. The summed E-state index contributed by atoms with van der Waals surface area (Å²) in [6.45, 7) is 1.97. The van der Waals surface area contributed by atoms with Gasteiger partial charge < -0.3 is 10.4 Å². The van der Waals surface area contributed by atoms with Gasteiger partial charge in [-0.1, -0.05) is 36.8 Å². The van der Waals surface area contributed by atoms with Gasteiger partial charge in [-0.15, -0.1) is 0 Å². The van der Waals surface area contributed by atoms with Crippen molar-refractivity contribution in [3.8, 4) is 0 Å². The molecule has 2 rings (SSSR count). The van der Waals surface area contributed by atoms with Crippen molar-refractivity contribution in [3.05, 3.63) is 35.9 Å². The van der Waals surface area contributed by atoms with E-state index in [0.717, 1.165) is 25.9 Å². The molecule has 0 unspecified atom stereocenters. The SMILES string of the molecule is O[C@H]1CCC[C@@H](CNCc2ccccc2)C1. The van der Waals surface area contributed by atoms with Gasteiger partial charge in [0.25, 0.3) is 0 Å². The largest absolute Gasteiger partial charge is 0.393 e. The second-order valence-corrected chi connectivity index (χ2v) is 4.80. The Bertz CT molecular complexity index is 299. The van der Waals surface area contributed by atoms with E-state index in [4.69, 9.17) is 0 Å². The van der Waals surface area contributed by atoms with Gasteiger partial charge in [0.1, 0.15) is 0 Å². The summed E-state index contributed by atoms with van der Waals surface area (Å²) in [5.41, 5.74) is 1.33. The molecule has 0 heterocycles. The fourth-order valence-electron chi connectivity index (χ4n) is 2.46. The van der Waals surface area contributed by atoms with Crippen LogP contribution in [0.4, 0.5) is 0 Å². The molecule has 2 heteroatoms. The Morgan fingerprint density at radius 2 is 2.00 bits per heavy atom. The van der Waals surface area contributed by atoms with Gasteiger partial charge in [-0.2, -0.15) is 0 Å². The minimum atomic E-state index is -0.0581. The van der Waals surface area contributed by atoms with E-state index in [9.17, 15) is 5.11 Å². The molecular weight excluding hydrogens is 198 g/mol. The van der Waals surface area contributed by atoms with Crippen LogP contribution in [0, 0.1) is 5.92 Å². The van der Waals surface area contributed by atoms with Crippen LogP contribution >= 0.6 is 0 Å². The van der Waals surface area contributed by atoms with Gasteiger partial charge >= 0.3 is 0 Å². The maximum absolute atomic E-state index is 9.57. The molecule has 0 bridgehead atoms. The molecule has 0 amide bonds. The standard InChI is InChI=1S/C14H21NO/c16-14-8-4-7-13(9-14)11-15-10-12-5-2-1-3-6-12/h1-3,5-6,13-16H,4,7-11H2/t13-,14+/m1/s1. The number of hydrogen-bond acceptors (Lipinski definition) is 2. The second-order valence-electron chi connectivity index (χ2n) is 4.80. The van der Waals surface area contributed by atoms with E-state index in [-0.39, 0.29) is 6.10 Å². The summed E-state index contributed by atoms with van der Waals surface area (Å²) in [6.07, 6.45) is 4.35. The van der Waals surface area contributed by atoms with Crippen molar-refractivity contribution < 1.29 is 5.11 Å². The summed E-state index contributed by atoms with van der Waals surface area (Å²) in [5.74, 6) is 0.660. The molecule has 1 saturated carbocycles. The number of aliphatic hydroxyl groups is 1. The highest BCUT2D eigenvalue weighted by molar-refractivity contribution is 5.14. The van der Waals surface area contributed by atoms with Gasteiger partial charge in [0.2, 0.25) is 0 Å². The van der Waals surface area contributed by atoms with E-state index in [1.54, 1.807) is 0 Å². The van der Waals surface area contributed by atoms with Crippen LogP contribution < -0.4 is 5.32 Å². The van der Waals surface area contributed by atoms with Gasteiger partial charge in [-0.25, -0.2) is 0 Å². The van der Waals surface area contributed by atoms with E-state index < -0.39 is 0 Å². The summed E-state index contributed by atoms with van der Waals surface area (Å²) in [5, 5.41) is 13.0. The molecular formula is C14H21NO. The Labute approximate surface area is 97.7 Å². The first kappa shape index (κ1) is 11.6. The minimum absolute atomic E-state index is 0.0581. The Kier molecular flexibility index (Phi) is 4.37. The molecule has 88 valence electrons. The normalized spacial score (nSPS) is 25.6. The Hall–Kier alpha value is -0.860.